The fraction of sp³-hybridized carbons (Fsp3) is 0.182. The molecule has 0 aliphatic carbocycles. The van der Waals surface area contributed by atoms with E-state index in [0.29, 0.717) is 23.8 Å². The van der Waals surface area contributed by atoms with Crippen LogP contribution in [0.15, 0.2) is 81.4 Å². The zero-order chi connectivity index (χ0) is 19.3. The van der Waals surface area contributed by atoms with Crippen LogP contribution in [-0.2, 0) is 13.0 Å². The number of aromatic nitrogens is 2. The molecule has 29 heavy (non-hydrogen) atoms. The van der Waals surface area contributed by atoms with E-state index < -0.39 is 0 Å². The van der Waals surface area contributed by atoms with Crippen molar-refractivity contribution < 1.29 is 9.21 Å². The molecule has 5 nitrogen and oxygen atoms in total. The summed E-state index contributed by atoms with van der Waals surface area (Å²) in [5, 5.41) is 1.49. The van der Waals surface area contributed by atoms with Gasteiger partial charge in [-0.3, -0.25) is 4.79 Å². The molecule has 0 saturated carbocycles. The van der Waals surface area contributed by atoms with E-state index >= 15 is 0 Å². The second-order valence-electron chi connectivity index (χ2n) is 6.48. The molecule has 0 amide bonds. The van der Waals surface area contributed by atoms with Crippen LogP contribution in [0.2, 0.25) is 0 Å². The molecule has 2 heterocycles. The Labute approximate surface area is 179 Å². The van der Waals surface area contributed by atoms with Crippen LogP contribution in [0.25, 0.3) is 11.0 Å². The number of hydrogen-bond donors (Lipinski definition) is 1. The maximum atomic E-state index is 12.5. The summed E-state index contributed by atoms with van der Waals surface area (Å²) in [6.45, 7) is 1.41. The van der Waals surface area contributed by atoms with E-state index in [0.717, 1.165) is 34.7 Å². The lowest BCUT2D eigenvalue weighted by Gasteiger charge is -2.06. The molecule has 0 fully saturated rings. The molecule has 4 rings (SSSR count). The average molecular weight is 428 g/mol. The van der Waals surface area contributed by atoms with Crippen LogP contribution in [0.1, 0.15) is 22.5 Å². The predicted octanol–water partition coefficient (Wildman–Crippen LogP) is 4.98. The molecule has 0 spiro atoms. The fourth-order valence-electron chi connectivity index (χ4n) is 3.08. The molecule has 0 aliphatic heterocycles. The molecule has 150 valence electrons. The topological polar surface area (TPSA) is 74.0 Å². The Bertz CT molecular complexity index is 1090. The molecule has 2 N–H and O–H groups in total. The number of hydrogen-bond acceptors (Lipinski definition) is 5. The van der Waals surface area contributed by atoms with Crippen LogP contribution in [0.3, 0.4) is 0 Å². The highest BCUT2D eigenvalue weighted by molar-refractivity contribution is 7.99. The van der Waals surface area contributed by atoms with E-state index in [1.165, 1.54) is 11.8 Å². The Kier molecular flexibility index (Phi) is 7.14. The second-order valence-corrected chi connectivity index (χ2v) is 7.45. The number of rotatable bonds is 8. The van der Waals surface area contributed by atoms with Crippen LogP contribution >= 0.6 is 24.2 Å². The smallest absolute Gasteiger partial charge is 0.202 e. The zero-order valence-electron chi connectivity index (χ0n) is 15.8. The lowest BCUT2D eigenvalue weighted by atomic mass is 10.1. The SMILES string of the molecule is Cl.NCCCn1c(Sc2ccc(C(=O)Cc3ccccc3)o2)nc2ccccc21. The summed E-state index contributed by atoms with van der Waals surface area (Å²) in [7, 11) is 0. The summed E-state index contributed by atoms with van der Waals surface area (Å²) in [6.07, 6.45) is 1.19. The van der Waals surface area contributed by atoms with Crippen molar-refractivity contribution in [2.75, 3.05) is 6.54 Å². The van der Waals surface area contributed by atoms with Crippen molar-refractivity contribution in [1.29, 1.82) is 0 Å². The highest BCUT2D eigenvalue weighted by Gasteiger charge is 2.16. The van der Waals surface area contributed by atoms with E-state index in [4.69, 9.17) is 15.1 Å². The Morgan fingerprint density at radius 2 is 1.79 bits per heavy atom. The van der Waals surface area contributed by atoms with Gasteiger partial charge in [-0.05, 0) is 54.6 Å². The first-order valence-electron chi connectivity index (χ1n) is 9.25. The summed E-state index contributed by atoms with van der Waals surface area (Å²) in [6, 6.07) is 21.3. The summed E-state index contributed by atoms with van der Waals surface area (Å²) in [5.41, 5.74) is 8.68. The van der Waals surface area contributed by atoms with Gasteiger partial charge in [0.15, 0.2) is 16.0 Å². The quantitative estimate of drug-likeness (QED) is 0.401. The summed E-state index contributed by atoms with van der Waals surface area (Å²) < 4.78 is 7.97. The van der Waals surface area contributed by atoms with Crippen LogP contribution in [0.4, 0.5) is 0 Å². The molecule has 0 unspecified atom stereocenters. The van der Waals surface area contributed by atoms with Crippen molar-refractivity contribution in [3.8, 4) is 0 Å². The van der Waals surface area contributed by atoms with E-state index in [2.05, 4.69) is 10.6 Å². The van der Waals surface area contributed by atoms with E-state index in [1.807, 2.05) is 54.6 Å². The number of carbonyl (C=O) groups excluding carboxylic acids is 1. The van der Waals surface area contributed by atoms with Crippen LogP contribution in [0.5, 0.6) is 0 Å². The molecular formula is C22H22ClN3O2S. The molecule has 2 aromatic carbocycles. The van der Waals surface area contributed by atoms with Gasteiger partial charge in [-0.15, -0.1) is 12.4 Å². The monoisotopic (exact) mass is 427 g/mol. The molecule has 7 heteroatoms. The van der Waals surface area contributed by atoms with Gasteiger partial charge in [0.2, 0.25) is 5.78 Å². The van der Waals surface area contributed by atoms with E-state index in [1.54, 1.807) is 6.07 Å². The first-order chi connectivity index (χ1) is 13.7. The number of ketones is 1. The molecule has 0 saturated heterocycles. The lowest BCUT2D eigenvalue weighted by molar-refractivity contribution is 0.0961. The van der Waals surface area contributed by atoms with E-state index in [9.17, 15) is 4.79 Å². The maximum absolute atomic E-state index is 12.5. The second kappa shape index (κ2) is 9.78. The largest absolute Gasteiger partial charge is 0.446 e. The molecule has 2 aromatic heterocycles. The number of nitrogens with two attached hydrogens (primary N) is 1. The van der Waals surface area contributed by atoms with Gasteiger partial charge < -0.3 is 14.7 Å². The number of halogens is 1. The highest BCUT2D eigenvalue weighted by Crippen LogP contribution is 2.32. The molecule has 0 atom stereocenters. The zero-order valence-corrected chi connectivity index (χ0v) is 17.4. The number of aryl methyl sites for hydroxylation is 1. The van der Waals surface area contributed by atoms with Crippen molar-refractivity contribution in [2.24, 2.45) is 5.73 Å². The van der Waals surface area contributed by atoms with Crippen LogP contribution < -0.4 is 5.73 Å². The maximum Gasteiger partial charge on any atom is 0.202 e. The molecule has 0 aliphatic rings. The predicted molar refractivity (Wildman–Crippen MR) is 118 cm³/mol. The summed E-state index contributed by atoms with van der Waals surface area (Å²) in [5.74, 6) is 0.339. The van der Waals surface area contributed by atoms with Gasteiger partial charge in [-0.25, -0.2) is 4.98 Å². The van der Waals surface area contributed by atoms with Gasteiger partial charge in [-0.1, -0.05) is 42.5 Å². The third-order valence-corrected chi connectivity index (χ3v) is 5.38. The van der Waals surface area contributed by atoms with Gasteiger partial charge in [0.1, 0.15) is 0 Å². The minimum Gasteiger partial charge on any atom is -0.446 e. The Morgan fingerprint density at radius 1 is 1.03 bits per heavy atom. The molecule has 0 bridgehead atoms. The standard InChI is InChI=1S/C22H21N3O2S.ClH/c23-13-6-14-25-18-10-5-4-9-17(18)24-22(25)28-21-12-11-20(27-21)19(26)15-16-7-2-1-3-8-16;/h1-5,7-12H,6,13-15,23H2;1H. The minimum absolute atomic E-state index is 0. The van der Waals surface area contributed by atoms with Gasteiger partial charge in [-0.2, -0.15) is 0 Å². The highest BCUT2D eigenvalue weighted by atomic mass is 35.5. The average Bonchev–Trinajstić information content (AvgIpc) is 3.32. The Balaban J connectivity index is 0.00000240. The van der Waals surface area contributed by atoms with Crippen molar-refractivity contribution in [3.05, 3.63) is 78.1 Å². The minimum atomic E-state index is -0.0327. The van der Waals surface area contributed by atoms with Crippen molar-refractivity contribution in [1.82, 2.24) is 9.55 Å². The van der Waals surface area contributed by atoms with Gasteiger partial charge in [0.05, 0.1) is 11.0 Å². The van der Waals surface area contributed by atoms with E-state index in [-0.39, 0.29) is 18.2 Å². The van der Waals surface area contributed by atoms with Gasteiger partial charge in [0.25, 0.3) is 0 Å². The number of benzene rings is 2. The first kappa shape index (κ1) is 21.2. The summed E-state index contributed by atoms with van der Waals surface area (Å²) in [4.78, 5) is 17.2. The lowest BCUT2D eigenvalue weighted by Crippen LogP contribution is -2.06. The van der Waals surface area contributed by atoms with Gasteiger partial charge in [0, 0.05) is 13.0 Å². The summed E-state index contributed by atoms with van der Waals surface area (Å²) >= 11 is 1.43. The third-order valence-electron chi connectivity index (χ3n) is 4.46. The molecule has 0 radical (unpaired) electrons. The fourth-order valence-corrected chi connectivity index (χ4v) is 3.97. The molecular weight excluding hydrogens is 406 g/mol. The van der Waals surface area contributed by atoms with Gasteiger partial charge >= 0.3 is 0 Å². The number of fused-ring (bicyclic) bond motifs is 1. The van der Waals surface area contributed by atoms with Crippen molar-refractivity contribution >= 4 is 41.0 Å². The number of carbonyl (C=O) groups is 1. The number of imidazole rings is 1. The van der Waals surface area contributed by atoms with Crippen LogP contribution in [0, 0.1) is 0 Å². The van der Waals surface area contributed by atoms with Crippen LogP contribution in [-0.4, -0.2) is 21.9 Å². The number of para-hydroxylation sites is 2. The first-order valence-corrected chi connectivity index (χ1v) is 10.1. The number of nitrogens with zero attached hydrogens (tertiary/aromatic N) is 2. The Hall–Kier alpha value is -2.54. The van der Waals surface area contributed by atoms with Crippen molar-refractivity contribution in [3.63, 3.8) is 0 Å². The van der Waals surface area contributed by atoms with Crippen molar-refractivity contribution in [2.45, 2.75) is 29.6 Å². The normalized spacial score (nSPS) is 10.8. The number of Topliss-reactive ketones (excluding diaryl/α,β-unsaturated/α-hetero) is 1. The number of furan rings is 1. The molecule has 4 aromatic rings. The Morgan fingerprint density at radius 3 is 2.59 bits per heavy atom. The third kappa shape index (κ3) is 4.90.